The molecule has 1 atom stereocenters. The van der Waals surface area contributed by atoms with Crippen molar-refractivity contribution in [2.75, 3.05) is 39.8 Å². The summed E-state index contributed by atoms with van der Waals surface area (Å²) in [5.74, 6) is 0.790. The molecular weight excluding hydrogens is 188 g/mol. The Hall–Kier alpha value is -0.120. The third-order valence-corrected chi connectivity index (χ3v) is 3.33. The average Bonchev–Trinajstić information content (AvgIpc) is 2.17. The van der Waals surface area contributed by atoms with Crippen molar-refractivity contribution < 1.29 is 5.11 Å². The topological polar surface area (TPSA) is 26.7 Å². The van der Waals surface area contributed by atoms with Crippen LogP contribution in [0.5, 0.6) is 0 Å². The molecule has 0 amide bonds. The normalized spacial score (nSPS) is 24.0. The van der Waals surface area contributed by atoms with E-state index in [4.69, 9.17) is 5.11 Å². The molecule has 1 rings (SSSR count). The second kappa shape index (κ2) is 6.46. The molecule has 3 heteroatoms. The summed E-state index contributed by atoms with van der Waals surface area (Å²) in [6.45, 7) is 9.12. The number of nitrogens with zero attached hydrogens (tertiary/aromatic N) is 2. The number of rotatable bonds is 5. The first-order chi connectivity index (χ1) is 7.13. The number of piperidine rings is 1. The van der Waals surface area contributed by atoms with Gasteiger partial charge in [-0.1, -0.05) is 0 Å². The van der Waals surface area contributed by atoms with Gasteiger partial charge in [0.15, 0.2) is 0 Å². The molecule has 15 heavy (non-hydrogen) atoms. The molecule has 0 unspecified atom stereocenters. The van der Waals surface area contributed by atoms with Crippen LogP contribution >= 0.6 is 0 Å². The molecule has 90 valence electrons. The molecule has 0 aromatic heterocycles. The molecule has 0 aromatic carbocycles. The molecule has 0 aromatic rings. The van der Waals surface area contributed by atoms with Crippen LogP contribution in [0, 0.1) is 5.92 Å². The highest BCUT2D eigenvalue weighted by Crippen LogP contribution is 2.17. The molecule has 0 spiro atoms. The lowest BCUT2D eigenvalue weighted by molar-refractivity contribution is 0.112. The summed E-state index contributed by atoms with van der Waals surface area (Å²) in [6, 6.07) is 0.546. The Bertz CT molecular complexity index is 173. The minimum atomic E-state index is 0.279. The zero-order chi connectivity index (χ0) is 11.3. The zero-order valence-electron chi connectivity index (χ0n) is 10.4. The third kappa shape index (κ3) is 4.49. The van der Waals surface area contributed by atoms with E-state index in [9.17, 15) is 0 Å². The summed E-state index contributed by atoms with van der Waals surface area (Å²) in [7, 11) is 2.21. The summed E-state index contributed by atoms with van der Waals surface area (Å²) < 4.78 is 0. The molecule has 1 fully saturated rings. The summed E-state index contributed by atoms with van der Waals surface area (Å²) in [6.07, 6.45) is 2.67. The molecule has 1 aliphatic heterocycles. The van der Waals surface area contributed by atoms with Gasteiger partial charge in [-0.15, -0.1) is 0 Å². The maximum Gasteiger partial charge on any atom is 0.0558 e. The van der Waals surface area contributed by atoms with Crippen LogP contribution in [0.15, 0.2) is 0 Å². The van der Waals surface area contributed by atoms with Gasteiger partial charge in [0.1, 0.15) is 0 Å². The van der Waals surface area contributed by atoms with E-state index in [1.165, 1.54) is 25.9 Å². The number of aliphatic hydroxyl groups excluding tert-OH is 1. The predicted octanol–water partition coefficient (Wildman–Crippen LogP) is 1.03. The average molecular weight is 214 g/mol. The van der Waals surface area contributed by atoms with Crippen molar-refractivity contribution in [3.63, 3.8) is 0 Å². The standard InChI is InChI=1S/C12H26N2O/c1-11(2)14(7-8-15)10-12-5-4-6-13(3)9-12/h11-12,15H,4-10H2,1-3H3/t12-/m1/s1. The fourth-order valence-electron chi connectivity index (χ4n) is 2.44. The van der Waals surface area contributed by atoms with Crippen LogP contribution in [0.25, 0.3) is 0 Å². The second-order valence-corrected chi connectivity index (χ2v) is 5.08. The van der Waals surface area contributed by atoms with Gasteiger partial charge in [0, 0.05) is 25.7 Å². The minimum absolute atomic E-state index is 0.279. The van der Waals surface area contributed by atoms with E-state index in [0.29, 0.717) is 6.04 Å². The highest BCUT2D eigenvalue weighted by atomic mass is 16.3. The van der Waals surface area contributed by atoms with Crippen LogP contribution in [-0.4, -0.2) is 60.8 Å². The molecular formula is C12H26N2O. The number of likely N-dealkylation sites (tertiary alicyclic amines) is 1. The van der Waals surface area contributed by atoms with E-state index in [-0.39, 0.29) is 6.61 Å². The Morgan fingerprint density at radius 2 is 2.20 bits per heavy atom. The highest BCUT2D eigenvalue weighted by Gasteiger charge is 2.20. The molecule has 3 nitrogen and oxygen atoms in total. The van der Waals surface area contributed by atoms with Gasteiger partial charge < -0.3 is 10.0 Å². The Morgan fingerprint density at radius 1 is 1.47 bits per heavy atom. The van der Waals surface area contributed by atoms with Crippen molar-refractivity contribution >= 4 is 0 Å². The van der Waals surface area contributed by atoms with Crippen LogP contribution in [0.2, 0.25) is 0 Å². The smallest absolute Gasteiger partial charge is 0.0558 e. The summed E-state index contributed by atoms with van der Waals surface area (Å²) in [5, 5.41) is 9.01. The van der Waals surface area contributed by atoms with E-state index >= 15 is 0 Å². The van der Waals surface area contributed by atoms with Crippen molar-refractivity contribution in [1.29, 1.82) is 0 Å². The second-order valence-electron chi connectivity index (χ2n) is 5.08. The van der Waals surface area contributed by atoms with Gasteiger partial charge in [-0.05, 0) is 46.2 Å². The van der Waals surface area contributed by atoms with E-state index < -0.39 is 0 Å². The van der Waals surface area contributed by atoms with E-state index in [1.807, 2.05) is 0 Å². The van der Waals surface area contributed by atoms with Crippen LogP contribution in [0.1, 0.15) is 26.7 Å². The van der Waals surface area contributed by atoms with E-state index in [0.717, 1.165) is 19.0 Å². The quantitative estimate of drug-likeness (QED) is 0.740. The SMILES string of the molecule is CC(C)N(CCO)C[C@@H]1CCCN(C)C1. The number of hydrogen-bond donors (Lipinski definition) is 1. The fraction of sp³-hybridized carbons (Fsp3) is 1.00. The molecule has 1 saturated heterocycles. The monoisotopic (exact) mass is 214 g/mol. The molecule has 1 heterocycles. The van der Waals surface area contributed by atoms with Gasteiger partial charge in [-0.25, -0.2) is 0 Å². The highest BCUT2D eigenvalue weighted by molar-refractivity contribution is 4.75. The van der Waals surface area contributed by atoms with Crippen molar-refractivity contribution in [1.82, 2.24) is 9.80 Å². The van der Waals surface area contributed by atoms with Crippen molar-refractivity contribution in [2.45, 2.75) is 32.7 Å². The van der Waals surface area contributed by atoms with Gasteiger partial charge in [0.2, 0.25) is 0 Å². The number of aliphatic hydroxyl groups is 1. The molecule has 0 aliphatic carbocycles. The summed E-state index contributed by atoms with van der Waals surface area (Å²) in [5.41, 5.74) is 0. The maximum absolute atomic E-state index is 9.01. The van der Waals surface area contributed by atoms with Crippen molar-refractivity contribution in [3.8, 4) is 0 Å². The van der Waals surface area contributed by atoms with Gasteiger partial charge in [0.25, 0.3) is 0 Å². The molecule has 0 radical (unpaired) electrons. The molecule has 1 aliphatic rings. The maximum atomic E-state index is 9.01. The molecule has 1 N–H and O–H groups in total. The number of hydrogen-bond acceptors (Lipinski definition) is 3. The molecule has 0 bridgehead atoms. The first-order valence-corrected chi connectivity index (χ1v) is 6.17. The minimum Gasteiger partial charge on any atom is -0.395 e. The summed E-state index contributed by atoms with van der Waals surface area (Å²) in [4.78, 5) is 4.81. The van der Waals surface area contributed by atoms with Crippen LogP contribution in [0.3, 0.4) is 0 Å². The lowest BCUT2D eigenvalue weighted by Crippen LogP contribution is -2.42. The fourth-order valence-corrected chi connectivity index (χ4v) is 2.44. The third-order valence-electron chi connectivity index (χ3n) is 3.33. The summed E-state index contributed by atoms with van der Waals surface area (Å²) >= 11 is 0. The van der Waals surface area contributed by atoms with Crippen LogP contribution < -0.4 is 0 Å². The van der Waals surface area contributed by atoms with Gasteiger partial charge >= 0.3 is 0 Å². The first-order valence-electron chi connectivity index (χ1n) is 6.17. The van der Waals surface area contributed by atoms with Crippen molar-refractivity contribution in [2.24, 2.45) is 5.92 Å². The van der Waals surface area contributed by atoms with Gasteiger partial charge in [0.05, 0.1) is 6.61 Å². The molecule has 0 saturated carbocycles. The Labute approximate surface area is 94.1 Å². The van der Waals surface area contributed by atoms with Crippen LogP contribution in [0.4, 0.5) is 0 Å². The predicted molar refractivity (Wildman–Crippen MR) is 64.0 cm³/mol. The van der Waals surface area contributed by atoms with Crippen molar-refractivity contribution in [3.05, 3.63) is 0 Å². The Balaban J connectivity index is 2.35. The van der Waals surface area contributed by atoms with Gasteiger partial charge in [-0.3, -0.25) is 4.90 Å². The van der Waals surface area contributed by atoms with E-state index in [2.05, 4.69) is 30.7 Å². The Kier molecular flexibility index (Phi) is 5.58. The lowest BCUT2D eigenvalue weighted by atomic mass is 9.97. The first kappa shape index (κ1) is 12.9. The Morgan fingerprint density at radius 3 is 2.73 bits per heavy atom. The lowest BCUT2D eigenvalue weighted by Gasteiger charge is -2.35. The van der Waals surface area contributed by atoms with Crippen LogP contribution in [-0.2, 0) is 0 Å². The van der Waals surface area contributed by atoms with Gasteiger partial charge in [-0.2, -0.15) is 0 Å². The largest absolute Gasteiger partial charge is 0.395 e. The zero-order valence-corrected chi connectivity index (χ0v) is 10.4. The van der Waals surface area contributed by atoms with E-state index in [1.54, 1.807) is 0 Å².